The zero-order valence-corrected chi connectivity index (χ0v) is 32.5. The van der Waals surface area contributed by atoms with Crippen molar-refractivity contribution in [3.8, 4) is 0 Å². The summed E-state index contributed by atoms with van der Waals surface area (Å²) in [6, 6.07) is 15.6. The van der Waals surface area contributed by atoms with Gasteiger partial charge in [0, 0.05) is 25.8 Å². The minimum absolute atomic E-state index is 0.00438. The molecular formula is C40H50N4O15. The van der Waals surface area contributed by atoms with E-state index in [-0.39, 0.29) is 45.0 Å². The molecule has 6 aliphatic rings. The smallest absolute Gasteiger partial charge is 0.410 e. The van der Waals surface area contributed by atoms with Gasteiger partial charge in [-0.3, -0.25) is 4.90 Å². The summed E-state index contributed by atoms with van der Waals surface area (Å²) in [6.45, 7) is 1.94. The SMILES string of the molecule is CC1C[C@@H]2OC(O[C@H]3OC4COC(=O)N[C@H]4CC3O)C3C(OC(=O)N3C)C2O[C@@H]1O[C@H]1CC(O)[C@H](NC(=O)OCc2ccccc2)CC1NC(=O)OCc1ccccc1. The number of carbonyl (C=O) groups is 4. The first kappa shape index (κ1) is 41.0. The van der Waals surface area contributed by atoms with Crippen molar-refractivity contribution < 1.29 is 72.0 Å². The van der Waals surface area contributed by atoms with Gasteiger partial charge >= 0.3 is 24.4 Å². The van der Waals surface area contributed by atoms with Crippen molar-refractivity contribution >= 4 is 24.4 Å². The largest absolute Gasteiger partial charge is 0.447 e. The van der Waals surface area contributed by atoms with Crippen molar-refractivity contribution in [2.75, 3.05) is 13.7 Å². The van der Waals surface area contributed by atoms with Gasteiger partial charge in [-0.25, -0.2) is 19.2 Å². The number of nitrogens with zero attached hydrogens (tertiary/aromatic N) is 1. The number of nitrogens with one attached hydrogen (secondary N) is 3. The third-order valence-electron chi connectivity index (χ3n) is 11.7. The monoisotopic (exact) mass is 826 g/mol. The van der Waals surface area contributed by atoms with Crippen molar-refractivity contribution in [3.05, 3.63) is 71.8 Å². The molecule has 15 atom stereocenters. The van der Waals surface area contributed by atoms with E-state index in [1.54, 1.807) is 7.05 Å². The minimum Gasteiger partial charge on any atom is -0.447 e. The van der Waals surface area contributed by atoms with Crippen molar-refractivity contribution in [1.29, 1.82) is 0 Å². The first-order valence-corrected chi connectivity index (χ1v) is 19.9. The van der Waals surface area contributed by atoms with Crippen molar-refractivity contribution in [2.45, 2.75) is 132 Å². The highest BCUT2D eigenvalue weighted by Crippen LogP contribution is 2.42. The average molecular weight is 827 g/mol. The number of hydrogen-bond donors (Lipinski definition) is 5. The topological polar surface area (TPSA) is 231 Å². The van der Waals surface area contributed by atoms with Crippen LogP contribution in [-0.2, 0) is 55.8 Å². The van der Waals surface area contributed by atoms with E-state index in [2.05, 4.69) is 16.0 Å². The van der Waals surface area contributed by atoms with E-state index < -0.39 is 110 Å². The van der Waals surface area contributed by atoms with Crippen LogP contribution in [0.4, 0.5) is 19.2 Å². The van der Waals surface area contributed by atoms with Crippen LogP contribution in [0.1, 0.15) is 43.7 Å². The maximum atomic E-state index is 13.2. The number of rotatable bonds is 10. The molecule has 2 aromatic carbocycles. The summed E-state index contributed by atoms with van der Waals surface area (Å²) >= 11 is 0. The highest BCUT2D eigenvalue weighted by molar-refractivity contribution is 5.71. The maximum Gasteiger partial charge on any atom is 0.410 e. The Morgan fingerprint density at radius 2 is 1.41 bits per heavy atom. The number of alkyl carbamates (subject to hydrolysis) is 3. The number of carbonyl (C=O) groups excluding carboxylic acids is 4. The van der Waals surface area contributed by atoms with Crippen LogP contribution < -0.4 is 16.0 Å². The fraction of sp³-hybridized carbons (Fsp3) is 0.600. The number of aliphatic hydroxyl groups excluding tert-OH is 2. The maximum absolute atomic E-state index is 13.2. The summed E-state index contributed by atoms with van der Waals surface area (Å²) in [5, 5.41) is 30.5. The normalized spacial score (nSPS) is 37.6. The molecule has 2 aromatic rings. The second-order valence-corrected chi connectivity index (χ2v) is 15.8. The van der Waals surface area contributed by atoms with Crippen molar-refractivity contribution in [3.63, 3.8) is 0 Å². The van der Waals surface area contributed by atoms with E-state index in [1.807, 2.05) is 67.6 Å². The van der Waals surface area contributed by atoms with Gasteiger partial charge in [-0.2, -0.15) is 0 Å². The highest BCUT2D eigenvalue weighted by Gasteiger charge is 2.60. The van der Waals surface area contributed by atoms with Gasteiger partial charge in [0.05, 0.1) is 36.4 Å². The zero-order valence-electron chi connectivity index (χ0n) is 32.5. The van der Waals surface area contributed by atoms with Crippen LogP contribution >= 0.6 is 0 Å². The number of hydrogen-bond acceptors (Lipinski definition) is 15. The summed E-state index contributed by atoms with van der Waals surface area (Å²) < 4.78 is 53.6. The Balaban J connectivity index is 0.933. The molecule has 5 heterocycles. The van der Waals surface area contributed by atoms with Crippen LogP contribution in [0.2, 0.25) is 0 Å². The molecule has 19 nitrogen and oxygen atoms in total. The van der Waals surface area contributed by atoms with Gasteiger partial charge < -0.3 is 68.8 Å². The molecule has 8 rings (SSSR count). The lowest BCUT2D eigenvalue weighted by molar-refractivity contribution is -0.369. The molecule has 9 unspecified atom stereocenters. The van der Waals surface area contributed by atoms with Gasteiger partial charge in [-0.1, -0.05) is 67.6 Å². The number of aliphatic hydroxyl groups is 2. The number of amides is 4. The fourth-order valence-corrected chi connectivity index (χ4v) is 8.56. The molecule has 19 heteroatoms. The van der Waals surface area contributed by atoms with Gasteiger partial charge in [0.2, 0.25) is 0 Å². The van der Waals surface area contributed by atoms with E-state index in [1.165, 1.54) is 4.90 Å². The van der Waals surface area contributed by atoms with Gasteiger partial charge in [0.25, 0.3) is 0 Å². The molecule has 5 N–H and O–H groups in total. The second-order valence-electron chi connectivity index (χ2n) is 15.8. The Hall–Kier alpha value is -4.76. The summed E-state index contributed by atoms with van der Waals surface area (Å²) in [4.78, 5) is 52.1. The molecule has 0 aromatic heterocycles. The molecule has 0 spiro atoms. The van der Waals surface area contributed by atoms with E-state index >= 15 is 0 Å². The fourth-order valence-electron chi connectivity index (χ4n) is 8.56. The molecule has 1 aliphatic carbocycles. The third-order valence-corrected chi connectivity index (χ3v) is 11.7. The van der Waals surface area contributed by atoms with Gasteiger partial charge in [-0.15, -0.1) is 0 Å². The van der Waals surface area contributed by atoms with Crippen LogP contribution in [0.5, 0.6) is 0 Å². The Bertz CT molecular complexity index is 1790. The predicted octanol–water partition coefficient (Wildman–Crippen LogP) is 2.01. The second kappa shape index (κ2) is 17.8. The Morgan fingerprint density at radius 1 is 0.763 bits per heavy atom. The van der Waals surface area contributed by atoms with Crippen LogP contribution in [0.25, 0.3) is 0 Å². The first-order chi connectivity index (χ1) is 28.5. The predicted molar refractivity (Wildman–Crippen MR) is 199 cm³/mol. The van der Waals surface area contributed by atoms with Gasteiger partial charge in [0.15, 0.2) is 25.0 Å². The van der Waals surface area contributed by atoms with E-state index in [0.717, 1.165) is 11.1 Å². The van der Waals surface area contributed by atoms with Crippen LogP contribution in [0.3, 0.4) is 0 Å². The molecular weight excluding hydrogens is 776 g/mol. The summed E-state index contributed by atoms with van der Waals surface area (Å²) in [6.07, 6.45) is -11.0. The summed E-state index contributed by atoms with van der Waals surface area (Å²) in [5.74, 6) is -0.310. The molecule has 1 saturated carbocycles. The first-order valence-electron chi connectivity index (χ1n) is 19.9. The number of ether oxygens (including phenoxy) is 9. The Kier molecular flexibility index (Phi) is 12.4. The lowest BCUT2D eigenvalue weighted by Gasteiger charge is -2.50. The number of likely N-dealkylation sites (N-methyl/N-ethyl adjacent to an activating group) is 1. The summed E-state index contributed by atoms with van der Waals surface area (Å²) in [7, 11) is 1.55. The third kappa shape index (κ3) is 9.35. The van der Waals surface area contributed by atoms with Gasteiger partial charge in [-0.05, 0) is 24.0 Å². The number of benzene rings is 2. The molecule has 6 fully saturated rings. The van der Waals surface area contributed by atoms with Crippen molar-refractivity contribution in [1.82, 2.24) is 20.9 Å². The van der Waals surface area contributed by atoms with Crippen LogP contribution in [0, 0.1) is 5.92 Å². The zero-order chi connectivity index (χ0) is 41.2. The van der Waals surface area contributed by atoms with E-state index in [4.69, 9.17) is 42.6 Å². The van der Waals surface area contributed by atoms with Crippen LogP contribution in [0.15, 0.2) is 60.7 Å². The Morgan fingerprint density at radius 3 is 2.08 bits per heavy atom. The minimum atomic E-state index is -1.15. The molecule has 4 amide bonds. The van der Waals surface area contributed by atoms with Crippen molar-refractivity contribution in [2.24, 2.45) is 5.92 Å². The molecule has 0 bridgehead atoms. The number of fused-ring (bicyclic) bond motifs is 4. The van der Waals surface area contributed by atoms with E-state index in [9.17, 15) is 29.4 Å². The average Bonchev–Trinajstić information content (AvgIpc) is 3.53. The standard InChI is InChI=1S/C40H50N4O15/c1-20-13-29-32(33-31(44(2)40(50)58-33)36(55-29)59-35-27(46)15-25-30(56-35)19-53-39(49)43-25)57-34(20)54-28-16-26(45)23(41-37(47)51-17-21-9-5-3-6-10-21)14-24(28)42-38(48)52-18-22-11-7-4-8-12-22/h3-12,20,23-36,45-46H,13-19H2,1-2H3,(H,41,47)(H,42,48)(H,43,49)/t20?,23-,24?,25+,26?,27?,28+,29+,30?,31?,32?,33?,34+,35-,36?/m1/s1. The molecule has 0 radical (unpaired) electrons. The molecule has 59 heavy (non-hydrogen) atoms. The molecule has 5 saturated heterocycles. The van der Waals surface area contributed by atoms with E-state index in [0.29, 0.717) is 6.42 Å². The highest BCUT2D eigenvalue weighted by atomic mass is 16.8. The van der Waals surface area contributed by atoms with Gasteiger partial charge in [0.1, 0.15) is 44.2 Å². The number of cyclic esters (lactones) is 1. The molecule has 5 aliphatic heterocycles. The summed E-state index contributed by atoms with van der Waals surface area (Å²) in [5.41, 5.74) is 1.59. The lowest BCUT2D eigenvalue weighted by atomic mass is 9.85. The quantitative estimate of drug-likeness (QED) is 0.216. The molecule has 320 valence electrons. The van der Waals surface area contributed by atoms with Crippen LogP contribution in [-0.4, -0.2) is 139 Å². The Labute approximate surface area is 339 Å². The lowest BCUT2D eigenvalue weighted by Crippen LogP contribution is -2.66.